The first-order valence-electron chi connectivity index (χ1n) is 12.9. The van der Waals surface area contributed by atoms with E-state index in [9.17, 15) is 14.4 Å². The van der Waals surface area contributed by atoms with Crippen molar-refractivity contribution < 1.29 is 14.4 Å². The lowest BCUT2D eigenvalue weighted by Gasteiger charge is -2.32. The van der Waals surface area contributed by atoms with Crippen molar-refractivity contribution in [3.8, 4) is 0 Å². The number of amides is 3. The van der Waals surface area contributed by atoms with Gasteiger partial charge >= 0.3 is 0 Å². The molecule has 10 heteroatoms. The Morgan fingerprint density at radius 3 is 2.72 bits per heavy atom. The quantitative estimate of drug-likeness (QED) is 0.372. The third-order valence-electron chi connectivity index (χ3n) is 6.49. The van der Waals surface area contributed by atoms with Gasteiger partial charge in [0.05, 0.1) is 17.5 Å². The number of anilines is 1. The molecule has 39 heavy (non-hydrogen) atoms. The van der Waals surface area contributed by atoms with Gasteiger partial charge in [0, 0.05) is 22.5 Å². The molecule has 0 saturated carbocycles. The fraction of sp³-hybridized carbons (Fsp3) is 0.276. The summed E-state index contributed by atoms with van der Waals surface area (Å²) < 4.78 is 0. The number of carbonyl (C=O) groups excluding carboxylic acids is 3. The molecule has 0 aliphatic carbocycles. The molecule has 0 bridgehead atoms. The van der Waals surface area contributed by atoms with Gasteiger partial charge in [0.2, 0.25) is 11.8 Å². The Morgan fingerprint density at radius 2 is 1.95 bits per heavy atom. The zero-order valence-electron chi connectivity index (χ0n) is 21.7. The number of nitrogens with zero attached hydrogens (tertiary/aromatic N) is 3. The number of para-hydroxylation sites is 1. The topological polar surface area (TPSA) is 103 Å². The molecule has 2 aliphatic rings. The summed E-state index contributed by atoms with van der Waals surface area (Å²) in [6.07, 6.45) is 1.02. The van der Waals surface area contributed by atoms with Crippen LogP contribution in [-0.4, -0.2) is 44.9 Å². The van der Waals surface area contributed by atoms with Crippen LogP contribution in [0.15, 0.2) is 76.0 Å². The Kier molecular flexibility index (Phi) is 8.23. The van der Waals surface area contributed by atoms with Gasteiger partial charge in [0.25, 0.3) is 5.91 Å². The van der Waals surface area contributed by atoms with Gasteiger partial charge < -0.3 is 10.6 Å². The summed E-state index contributed by atoms with van der Waals surface area (Å²) in [5.41, 5.74) is 3.25. The predicted molar refractivity (Wildman–Crippen MR) is 158 cm³/mol. The second-order valence-electron chi connectivity index (χ2n) is 9.34. The summed E-state index contributed by atoms with van der Waals surface area (Å²) in [5, 5.41) is 7.99. The molecule has 3 amide bonds. The van der Waals surface area contributed by atoms with Crippen LogP contribution in [0.25, 0.3) is 0 Å². The maximum absolute atomic E-state index is 13.2. The van der Waals surface area contributed by atoms with Crippen LogP contribution >= 0.6 is 23.1 Å². The molecular weight excluding hydrogens is 530 g/mol. The smallest absolute Gasteiger partial charge is 0.270 e. The van der Waals surface area contributed by atoms with Crippen LogP contribution in [0.1, 0.15) is 42.2 Å². The lowest BCUT2D eigenvalue weighted by molar-refractivity contribution is -0.122. The van der Waals surface area contributed by atoms with E-state index in [0.717, 1.165) is 21.7 Å². The van der Waals surface area contributed by atoms with Crippen molar-refractivity contribution in [1.29, 1.82) is 0 Å². The molecule has 3 heterocycles. The minimum absolute atomic E-state index is 0.128. The zero-order chi connectivity index (χ0) is 27.4. The van der Waals surface area contributed by atoms with E-state index in [1.54, 1.807) is 11.3 Å². The highest BCUT2D eigenvalue weighted by atomic mass is 32.2. The summed E-state index contributed by atoms with van der Waals surface area (Å²) in [7, 11) is 0. The van der Waals surface area contributed by atoms with Gasteiger partial charge in [0.15, 0.2) is 5.17 Å². The summed E-state index contributed by atoms with van der Waals surface area (Å²) >= 11 is 2.90. The summed E-state index contributed by atoms with van der Waals surface area (Å²) in [5.74, 6) is -0.0512. The van der Waals surface area contributed by atoms with E-state index < -0.39 is 11.3 Å². The molecule has 5 rings (SSSR count). The lowest BCUT2D eigenvalue weighted by atomic mass is 10.1. The maximum atomic E-state index is 13.2. The number of hydrogen-bond acceptors (Lipinski definition) is 7. The van der Waals surface area contributed by atoms with Crippen LogP contribution in [0, 0.1) is 6.92 Å². The average Bonchev–Trinajstić information content (AvgIpc) is 3.57. The van der Waals surface area contributed by atoms with Gasteiger partial charge in [-0.25, -0.2) is 4.99 Å². The van der Waals surface area contributed by atoms with Crippen LogP contribution in [0.2, 0.25) is 0 Å². The number of rotatable bonds is 9. The number of benzene rings is 2. The number of fused-ring (bicyclic) bond motifs is 3. The number of amidine groups is 2. The first-order chi connectivity index (χ1) is 18.9. The van der Waals surface area contributed by atoms with Crippen LogP contribution in [0.4, 0.5) is 11.4 Å². The van der Waals surface area contributed by atoms with Crippen LogP contribution in [-0.2, 0) is 20.9 Å². The van der Waals surface area contributed by atoms with E-state index in [1.807, 2.05) is 84.8 Å². The van der Waals surface area contributed by atoms with Crippen LogP contribution in [0.3, 0.4) is 0 Å². The monoisotopic (exact) mass is 559 g/mol. The Balaban J connectivity index is 1.34. The molecule has 1 aromatic heterocycles. The molecule has 0 spiro atoms. The van der Waals surface area contributed by atoms with Gasteiger partial charge in [-0.05, 0) is 61.0 Å². The average molecular weight is 560 g/mol. The molecule has 0 saturated heterocycles. The number of aliphatic imine (C=N–C) groups is 2. The molecular formula is C29H29N5O3S2. The largest absolute Gasteiger partial charge is 0.351 e. The molecule has 0 radical (unpaired) electrons. The fourth-order valence-corrected chi connectivity index (χ4v) is 6.22. The fourth-order valence-electron chi connectivity index (χ4n) is 4.51. The molecule has 2 aliphatic heterocycles. The van der Waals surface area contributed by atoms with Crippen molar-refractivity contribution in [2.45, 2.75) is 50.9 Å². The van der Waals surface area contributed by atoms with Gasteiger partial charge in [-0.15, -0.1) is 11.3 Å². The highest BCUT2D eigenvalue weighted by molar-refractivity contribution is 8.15. The molecule has 3 aromatic rings. The summed E-state index contributed by atoms with van der Waals surface area (Å²) in [4.78, 5) is 51.1. The first kappa shape index (κ1) is 26.8. The number of carbonyl (C=O) groups is 3. The highest BCUT2D eigenvalue weighted by Crippen LogP contribution is 2.37. The van der Waals surface area contributed by atoms with E-state index >= 15 is 0 Å². The van der Waals surface area contributed by atoms with Crippen molar-refractivity contribution in [2.75, 3.05) is 5.32 Å². The summed E-state index contributed by atoms with van der Waals surface area (Å²) in [6, 6.07) is 18.4. The Labute approximate surface area is 235 Å². The number of nitrogens with one attached hydrogen (secondary N) is 2. The molecule has 200 valence electrons. The first-order valence-corrected chi connectivity index (χ1v) is 14.6. The maximum Gasteiger partial charge on any atom is 0.270 e. The second kappa shape index (κ2) is 12.0. The third-order valence-corrected chi connectivity index (χ3v) is 8.70. The number of hydrogen-bond donors (Lipinski definition) is 2. The zero-order valence-corrected chi connectivity index (χ0v) is 23.3. The Morgan fingerprint density at radius 1 is 1.10 bits per heavy atom. The van der Waals surface area contributed by atoms with E-state index in [-0.39, 0.29) is 30.6 Å². The molecule has 0 fully saturated rings. The van der Waals surface area contributed by atoms with E-state index in [2.05, 4.69) is 15.6 Å². The van der Waals surface area contributed by atoms with Crippen molar-refractivity contribution >= 4 is 63.2 Å². The summed E-state index contributed by atoms with van der Waals surface area (Å²) in [6.45, 7) is 4.39. The van der Waals surface area contributed by atoms with Gasteiger partial charge in [0.1, 0.15) is 11.9 Å². The lowest BCUT2D eigenvalue weighted by Crippen LogP contribution is -2.45. The van der Waals surface area contributed by atoms with E-state index in [4.69, 9.17) is 4.99 Å². The standard InChI is InChI=1S/C29H29N5O3S2/c1-3-24(28(37)31-19-9-6-8-18(2)16-19)39-29-32-22-12-5-4-11-21(22)26-33-27(36)23(34(26)29)13-14-25(35)30-17-20-10-7-15-38-20/h4-12,15-16,23-24H,3,13-14,17H2,1-2H3,(H,30,35)(H,31,37). The van der Waals surface area contributed by atoms with Gasteiger partial charge in [-0.1, -0.05) is 49.0 Å². The Hall–Kier alpha value is -3.76. The van der Waals surface area contributed by atoms with Crippen LogP contribution < -0.4 is 10.6 Å². The SMILES string of the molecule is CCC(SC1=Nc2ccccc2C2=NC(=O)C(CCC(=O)NCc3cccs3)N12)C(=O)Nc1cccc(C)c1. The normalized spacial score (nSPS) is 16.6. The molecule has 2 aromatic carbocycles. The van der Waals surface area contributed by atoms with Crippen molar-refractivity contribution in [2.24, 2.45) is 9.98 Å². The van der Waals surface area contributed by atoms with E-state index in [0.29, 0.717) is 29.7 Å². The predicted octanol–water partition coefficient (Wildman–Crippen LogP) is 5.26. The van der Waals surface area contributed by atoms with Crippen LogP contribution in [0.5, 0.6) is 0 Å². The number of thioether (sulfide) groups is 1. The van der Waals surface area contributed by atoms with Crippen molar-refractivity contribution in [3.63, 3.8) is 0 Å². The van der Waals surface area contributed by atoms with Crippen molar-refractivity contribution in [3.05, 3.63) is 82.0 Å². The van der Waals surface area contributed by atoms with Crippen molar-refractivity contribution in [1.82, 2.24) is 10.2 Å². The Bertz CT molecular complexity index is 1450. The molecule has 8 nitrogen and oxygen atoms in total. The van der Waals surface area contributed by atoms with E-state index in [1.165, 1.54) is 11.8 Å². The highest BCUT2D eigenvalue weighted by Gasteiger charge is 2.42. The van der Waals surface area contributed by atoms with Gasteiger partial charge in [-0.2, -0.15) is 4.99 Å². The molecule has 2 atom stereocenters. The molecule has 2 unspecified atom stereocenters. The molecule has 2 N–H and O–H groups in total. The number of aryl methyl sites for hydroxylation is 1. The number of thiophene rings is 1. The van der Waals surface area contributed by atoms with Gasteiger partial charge in [-0.3, -0.25) is 19.3 Å². The second-order valence-corrected chi connectivity index (χ2v) is 11.5. The minimum atomic E-state index is -0.663. The minimum Gasteiger partial charge on any atom is -0.351 e. The third kappa shape index (κ3) is 6.12.